The molecule has 2 aromatic rings. The van der Waals surface area contributed by atoms with Crippen molar-refractivity contribution in [3.8, 4) is 11.3 Å². The molecule has 0 atom stereocenters. The molecule has 0 radical (unpaired) electrons. The zero-order chi connectivity index (χ0) is 16.6. The van der Waals surface area contributed by atoms with Gasteiger partial charge >= 0.3 is 6.18 Å². The van der Waals surface area contributed by atoms with Crippen LogP contribution in [0.15, 0.2) is 30.5 Å². The summed E-state index contributed by atoms with van der Waals surface area (Å²) in [6, 6.07) is 5.43. The molecule has 0 spiro atoms. The molecule has 1 aromatic carbocycles. The minimum Gasteiger partial charge on any atom is -0.331 e. The van der Waals surface area contributed by atoms with Gasteiger partial charge in [0.2, 0.25) is 0 Å². The van der Waals surface area contributed by atoms with Crippen molar-refractivity contribution in [1.82, 2.24) is 14.5 Å². The molecule has 3 rings (SSSR count). The number of aromatic nitrogens is 2. The fourth-order valence-corrected chi connectivity index (χ4v) is 3.19. The minimum absolute atomic E-state index is 0.371. The first-order valence-corrected chi connectivity index (χ1v) is 7.74. The molecular weight excluding hydrogens is 303 g/mol. The largest absolute Gasteiger partial charge is 0.416 e. The number of nitrogens with zero attached hydrogens (tertiary/aromatic N) is 3. The van der Waals surface area contributed by atoms with Crippen LogP contribution in [-0.2, 0) is 13.2 Å². The van der Waals surface area contributed by atoms with Crippen LogP contribution in [0.3, 0.4) is 0 Å². The molecule has 0 saturated carbocycles. The van der Waals surface area contributed by atoms with E-state index in [0.29, 0.717) is 11.5 Å². The summed E-state index contributed by atoms with van der Waals surface area (Å²) >= 11 is 0. The predicted molar refractivity (Wildman–Crippen MR) is 83.1 cm³/mol. The van der Waals surface area contributed by atoms with Crippen LogP contribution in [0.25, 0.3) is 11.3 Å². The van der Waals surface area contributed by atoms with Crippen molar-refractivity contribution in [3.63, 3.8) is 0 Å². The van der Waals surface area contributed by atoms with Crippen molar-refractivity contribution in [2.45, 2.75) is 24.9 Å². The van der Waals surface area contributed by atoms with Gasteiger partial charge in [-0.1, -0.05) is 12.1 Å². The van der Waals surface area contributed by atoms with Gasteiger partial charge in [-0.15, -0.1) is 0 Å². The molecule has 2 heterocycles. The topological polar surface area (TPSA) is 21.1 Å². The highest BCUT2D eigenvalue weighted by molar-refractivity contribution is 5.60. The third-order valence-corrected chi connectivity index (χ3v) is 4.59. The molecule has 0 unspecified atom stereocenters. The van der Waals surface area contributed by atoms with Gasteiger partial charge in [-0.05, 0) is 45.1 Å². The van der Waals surface area contributed by atoms with E-state index >= 15 is 0 Å². The number of benzene rings is 1. The lowest BCUT2D eigenvalue weighted by Crippen LogP contribution is -2.30. The van der Waals surface area contributed by atoms with E-state index < -0.39 is 11.7 Å². The van der Waals surface area contributed by atoms with Gasteiger partial charge in [0.05, 0.1) is 17.5 Å². The monoisotopic (exact) mass is 323 g/mol. The molecule has 0 bridgehead atoms. The zero-order valence-electron chi connectivity index (χ0n) is 13.3. The molecule has 23 heavy (non-hydrogen) atoms. The van der Waals surface area contributed by atoms with Gasteiger partial charge in [-0.25, -0.2) is 4.98 Å². The lowest BCUT2D eigenvalue weighted by Gasteiger charge is -2.28. The molecule has 1 saturated heterocycles. The maximum atomic E-state index is 12.9. The number of hydrogen-bond donors (Lipinski definition) is 0. The average Bonchev–Trinajstić information content (AvgIpc) is 2.89. The fourth-order valence-electron chi connectivity index (χ4n) is 3.19. The van der Waals surface area contributed by atoms with Crippen LogP contribution in [0.1, 0.15) is 30.1 Å². The van der Waals surface area contributed by atoms with Crippen LogP contribution in [0, 0.1) is 0 Å². The summed E-state index contributed by atoms with van der Waals surface area (Å²) in [5.74, 6) is 1.33. The highest BCUT2D eigenvalue weighted by Crippen LogP contribution is 2.33. The quantitative estimate of drug-likeness (QED) is 0.835. The van der Waals surface area contributed by atoms with Crippen molar-refractivity contribution >= 4 is 0 Å². The van der Waals surface area contributed by atoms with Crippen LogP contribution in [0.4, 0.5) is 13.2 Å². The Hall–Kier alpha value is -1.82. The first kappa shape index (κ1) is 16.1. The highest BCUT2D eigenvalue weighted by atomic mass is 19.4. The first-order valence-electron chi connectivity index (χ1n) is 7.74. The molecule has 6 heteroatoms. The Morgan fingerprint density at radius 3 is 2.48 bits per heavy atom. The number of halogens is 3. The Morgan fingerprint density at radius 2 is 1.83 bits per heavy atom. The Morgan fingerprint density at radius 1 is 1.13 bits per heavy atom. The Kier molecular flexibility index (Phi) is 4.19. The highest BCUT2D eigenvalue weighted by Gasteiger charge is 2.31. The molecule has 0 amide bonds. The number of imidazole rings is 1. The van der Waals surface area contributed by atoms with Gasteiger partial charge in [0, 0.05) is 18.5 Å². The van der Waals surface area contributed by atoms with Gasteiger partial charge in [-0.3, -0.25) is 0 Å². The molecule has 0 aliphatic carbocycles. The first-order chi connectivity index (χ1) is 10.9. The van der Waals surface area contributed by atoms with Crippen LogP contribution in [0.5, 0.6) is 0 Å². The molecule has 1 aromatic heterocycles. The van der Waals surface area contributed by atoms with Crippen LogP contribution >= 0.6 is 0 Å². The predicted octanol–water partition coefficient (Wildman–Crippen LogP) is 3.92. The molecule has 1 fully saturated rings. The maximum absolute atomic E-state index is 12.9. The van der Waals surface area contributed by atoms with E-state index in [0.717, 1.165) is 43.5 Å². The molecule has 124 valence electrons. The third-order valence-electron chi connectivity index (χ3n) is 4.59. The number of likely N-dealkylation sites (tertiary alicyclic amines) is 1. The lowest BCUT2D eigenvalue weighted by molar-refractivity contribution is -0.137. The van der Waals surface area contributed by atoms with Crippen molar-refractivity contribution in [2.75, 3.05) is 20.1 Å². The third kappa shape index (κ3) is 3.27. The SMILES string of the molecule is CN1CCC(c2ncc(-c3cccc(C(F)(F)F)c3)n2C)CC1. The Labute approximate surface area is 133 Å². The summed E-state index contributed by atoms with van der Waals surface area (Å²) < 4.78 is 40.6. The summed E-state index contributed by atoms with van der Waals surface area (Å²) in [6.45, 7) is 2.05. The number of alkyl halides is 3. The van der Waals surface area contributed by atoms with Crippen molar-refractivity contribution in [3.05, 3.63) is 41.9 Å². The molecule has 1 aliphatic rings. The van der Waals surface area contributed by atoms with E-state index in [1.54, 1.807) is 12.3 Å². The van der Waals surface area contributed by atoms with E-state index in [4.69, 9.17) is 0 Å². The second-order valence-electron chi connectivity index (χ2n) is 6.22. The minimum atomic E-state index is -4.33. The lowest BCUT2D eigenvalue weighted by atomic mass is 9.96. The molecular formula is C17H20F3N3. The molecule has 0 N–H and O–H groups in total. The van der Waals surface area contributed by atoms with Gasteiger partial charge in [0.25, 0.3) is 0 Å². The van der Waals surface area contributed by atoms with Crippen LogP contribution in [0.2, 0.25) is 0 Å². The molecule has 3 nitrogen and oxygen atoms in total. The number of piperidine rings is 1. The van der Waals surface area contributed by atoms with E-state index in [1.165, 1.54) is 12.1 Å². The van der Waals surface area contributed by atoms with E-state index in [-0.39, 0.29) is 0 Å². The number of rotatable bonds is 2. The van der Waals surface area contributed by atoms with Crippen molar-refractivity contribution in [2.24, 2.45) is 7.05 Å². The Balaban J connectivity index is 1.90. The second kappa shape index (κ2) is 6.00. The second-order valence-corrected chi connectivity index (χ2v) is 6.22. The zero-order valence-corrected chi connectivity index (χ0v) is 13.3. The van der Waals surface area contributed by atoms with Gasteiger partial charge in [-0.2, -0.15) is 13.2 Å². The average molecular weight is 323 g/mol. The van der Waals surface area contributed by atoms with Crippen LogP contribution in [-0.4, -0.2) is 34.6 Å². The normalized spacial score (nSPS) is 17.6. The summed E-state index contributed by atoms with van der Waals surface area (Å²) in [5.41, 5.74) is 0.649. The maximum Gasteiger partial charge on any atom is 0.416 e. The summed E-state index contributed by atoms with van der Waals surface area (Å²) in [6.07, 6.45) is -0.582. The number of hydrogen-bond acceptors (Lipinski definition) is 2. The van der Waals surface area contributed by atoms with Gasteiger partial charge < -0.3 is 9.47 Å². The fraction of sp³-hybridized carbons (Fsp3) is 0.471. The summed E-state index contributed by atoms with van der Waals surface area (Å²) in [5, 5.41) is 0. The van der Waals surface area contributed by atoms with Gasteiger partial charge in [0.1, 0.15) is 5.82 Å². The standard InChI is InChI=1S/C17H20F3N3/c1-22-8-6-12(7-9-22)16-21-11-15(23(16)2)13-4-3-5-14(10-13)17(18,19)20/h3-5,10-12H,6-9H2,1-2H3. The van der Waals surface area contributed by atoms with Crippen LogP contribution < -0.4 is 0 Å². The Bertz CT molecular complexity index is 683. The smallest absolute Gasteiger partial charge is 0.331 e. The molecule has 1 aliphatic heterocycles. The van der Waals surface area contributed by atoms with E-state index in [2.05, 4.69) is 16.9 Å². The van der Waals surface area contributed by atoms with Crippen molar-refractivity contribution < 1.29 is 13.2 Å². The van der Waals surface area contributed by atoms with E-state index in [9.17, 15) is 13.2 Å². The van der Waals surface area contributed by atoms with E-state index in [1.807, 2.05) is 11.6 Å². The van der Waals surface area contributed by atoms with Crippen molar-refractivity contribution in [1.29, 1.82) is 0 Å². The summed E-state index contributed by atoms with van der Waals surface area (Å²) in [4.78, 5) is 6.78. The summed E-state index contributed by atoms with van der Waals surface area (Å²) in [7, 11) is 3.99. The van der Waals surface area contributed by atoms with Gasteiger partial charge in [0.15, 0.2) is 0 Å².